The predicted octanol–water partition coefficient (Wildman–Crippen LogP) is 3.84. The zero-order valence-corrected chi connectivity index (χ0v) is 15.1. The summed E-state index contributed by atoms with van der Waals surface area (Å²) in [5, 5.41) is 3.42. The van der Waals surface area contributed by atoms with E-state index in [-0.39, 0.29) is 24.2 Å². The van der Waals surface area contributed by atoms with E-state index in [0.717, 1.165) is 5.56 Å². The molecule has 0 unspecified atom stereocenters. The fourth-order valence-corrected chi connectivity index (χ4v) is 2.53. The smallest absolute Gasteiger partial charge is 0.240 e. The molecule has 1 N–H and O–H groups in total. The highest BCUT2D eigenvalue weighted by Gasteiger charge is 2.16. The summed E-state index contributed by atoms with van der Waals surface area (Å²) in [6, 6.07) is 10.8. The lowest BCUT2D eigenvalue weighted by atomic mass is 10.1. The summed E-state index contributed by atoms with van der Waals surface area (Å²) in [5.41, 5.74) is 1.41. The third-order valence-corrected chi connectivity index (χ3v) is 4.28. The molecule has 2 aromatic rings. The molecule has 0 aromatic heterocycles. The molecule has 2 aromatic carbocycles. The van der Waals surface area contributed by atoms with Crippen LogP contribution in [0.5, 0.6) is 0 Å². The molecule has 0 aliphatic heterocycles. The zero-order chi connectivity index (χ0) is 18.4. The van der Waals surface area contributed by atoms with Gasteiger partial charge in [0.15, 0.2) is 0 Å². The monoisotopic (exact) mass is 382 g/mol. The Bertz CT molecular complexity index is 766. The van der Waals surface area contributed by atoms with Crippen molar-refractivity contribution in [3.63, 3.8) is 0 Å². The number of hydrogen-bond acceptors (Lipinski definition) is 2. The van der Waals surface area contributed by atoms with Crippen molar-refractivity contribution in [3.05, 3.63) is 63.9 Å². The minimum atomic E-state index is -0.302. The van der Waals surface area contributed by atoms with Gasteiger partial charge in [-0.25, -0.2) is 4.39 Å². The second-order valence-corrected chi connectivity index (χ2v) is 6.24. The SMILES string of the molecule is CC(=O)N(CC(=O)NCCc1ccc(F)cc1)c1ccc(Cl)c(Cl)c1. The fraction of sp³-hybridized carbons (Fsp3) is 0.222. The van der Waals surface area contributed by atoms with Crippen LogP contribution in [0.2, 0.25) is 10.0 Å². The third-order valence-electron chi connectivity index (χ3n) is 3.55. The number of anilines is 1. The maximum Gasteiger partial charge on any atom is 0.240 e. The van der Waals surface area contributed by atoms with Gasteiger partial charge in [-0.15, -0.1) is 0 Å². The quantitative estimate of drug-likeness (QED) is 0.824. The molecule has 2 amide bonds. The van der Waals surface area contributed by atoms with Gasteiger partial charge < -0.3 is 10.2 Å². The predicted molar refractivity (Wildman–Crippen MR) is 97.6 cm³/mol. The number of halogens is 3. The van der Waals surface area contributed by atoms with Crippen LogP contribution in [0.4, 0.5) is 10.1 Å². The van der Waals surface area contributed by atoms with Gasteiger partial charge in [-0.1, -0.05) is 35.3 Å². The van der Waals surface area contributed by atoms with E-state index in [0.29, 0.717) is 28.7 Å². The summed E-state index contributed by atoms with van der Waals surface area (Å²) in [6.07, 6.45) is 0.568. The number of carbonyl (C=O) groups excluding carboxylic acids is 2. The number of hydrogen-bond donors (Lipinski definition) is 1. The molecule has 0 bridgehead atoms. The normalized spacial score (nSPS) is 10.4. The van der Waals surface area contributed by atoms with Crippen LogP contribution in [0.25, 0.3) is 0 Å². The Kier molecular flexibility index (Phi) is 6.79. The summed E-state index contributed by atoms with van der Waals surface area (Å²) in [6.45, 7) is 1.63. The van der Waals surface area contributed by atoms with Crippen LogP contribution in [-0.2, 0) is 16.0 Å². The lowest BCUT2D eigenvalue weighted by molar-refractivity contribution is -0.123. The topological polar surface area (TPSA) is 49.4 Å². The molecular weight excluding hydrogens is 366 g/mol. The van der Waals surface area contributed by atoms with Crippen LogP contribution in [0.15, 0.2) is 42.5 Å². The van der Waals surface area contributed by atoms with Gasteiger partial charge in [0, 0.05) is 19.2 Å². The van der Waals surface area contributed by atoms with Crippen LogP contribution in [-0.4, -0.2) is 24.9 Å². The van der Waals surface area contributed by atoms with Crippen molar-refractivity contribution in [1.29, 1.82) is 0 Å². The third kappa shape index (κ3) is 5.73. The Morgan fingerprint density at radius 2 is 1.76 bits per heavy atom. The Hall–Kier alpha value is -2.11. The summed E-state index contributed by atoms with van der Waals surface area (Å²) in [4.78, 5) is 25.3. The van der Waals surface area contributed by atoms with Gasteiger partial charge in [0.05, 0.1) is 10.0 Å². The maximum atomic E-state index is 12.8. The van der Waals surface area contributed by atoms with Crippen LogP contribution in [0.1, 0.15) is 12.5 Å². The number of rotatable bonds is 6. The lowest BCUT2D eigenvalue weighted by Gasteiger charge is -2.21. The minimum Gasteiger partial charge on any atom is -0.354 e. The molecule has 0 saturated carbocycles. The minimum absolute atomic E-state index is 0.128. The Morgan fingerprint density at radius 3 is 2.36 bits per heavy atom. The fourth-order valence-electron chi connectivity index (χ4n) is 2.23. The van der Waals surface area contributed by atoms with E-state index >= 15 is 0 Å². The molecule has 0 heterocycles. The van der Waals surface area contributed by atoms with Crippen LogP contribution in [0.3, 0.4) is 0 Å². The highest BCUT2D eigenvalue weighted by atomic mass is 35.5. The molecule has 2 rings (SSSR count). The van der Waals surface area contributed by atoms with Crippen molar-refractivity contribution < 1.29 is 14.0 Å². The van der Waals surface area contributed by atoms with E-state index in [1.54, 1.807) is 24.3 Å². The van der Waals surface area contributed by atoms with Crippen molar-refractivity contribution in [2.75, 3.05) is 18.0 Å². The molecule has 0 atom stereocenters. The maximum absolute atomic E-state index is 12.8. The largest absolute Gasteiger partial charge is 0.354 e. The number of nitrogens with one attached hydrogen (secondary N) is 1. The first-order chi connectivity index (χ1) is 11.9. The molecule has 0 spiro atoms. The summed E-state index contributed by atoms with van der Waals surface area (Å²) < 4.78 is 12.8. The van der Waals surface area contributed by atoms with E-state index in [2.05, 4.69) is 5.32 Å². The standard InChI is InChI=1S/C18H17Cl2FN2O2/c1-12(24)23(15-6-7-16(19)17(20)10-15)11-18(25)22-9-8-13-2-4-14(21)5-3-13/h2-7,10H,8-9,11H2,1H3,(H,22,25). The average molecular weight is 383 g/mol. The van der Waals surface area contributed by atoms with Crippen molar-refractivity contribution in [3.8, 4) is 0 Å². The van der Waals surface area contributed by atoms with Crippen LogP contribution in [0, 0.1) is 5.82 Å². The second-order valence-electron chi connectivity index (χ2n) is 5.43. The average Bonchev–Trinajstić information content (AvgIpc) is 2.57. The summed E-state index contributed by atoms with van der Waals surface area (Å²) in [7, 11) is 0. The van der Waals surface area contributed by atoms with Crippen LogP contribution >= 0.6 is 23.2 Å². The van der Waals surface area contributed by atoms with E-state index in [1.165, 1.54) is 30.0 Å². The van der Waals surface area contributed by atoms with Crippen LogP contribution < -0.4 is 10.2 Å². The van der Waals surface area contributed by atoms with E-state index in [4.69, 9.17) is 23.2 Å². The van der Waals surface area contributed by atoms with Gasteiger partial charge in [0.1, 0.15) is 12.4 Å². The second kappa shape index (κ2) is 8.83. The molecule has 7 heteroatoms. The van der Waals surface area contributed by atoms with Crippen molar-refractivity contribution >= 4 is 40.7 Å². The van der Waals surface area contributed by atoms with Gasteiger partial charge in [0.25, 0.3) is 0 Å². The first kappa shape index (κ1) is 19.2. The number of amides is 2. The van der Waals surface area contributed by atoms with E-state index in [1.807, 2.05) is 0 Å². The molecule has 0 aliphatic carbocycles. The Balaban J connectivity index is 1.92. The molecule has 132 valence electrons. The summed E-state index contributed by atoms with van der Waals surface area (Å²) >= 11 is 11.8. The van der Waals surface area contributed by atoms with E-state index < -0.39 is 0 Å². The highest BCUT2D eigenvalue weighted by Crippen LogP contribution is 2.27. The molecule has 0 radical (unpaired) electrons. The van der Waals surface area contributed by atoms with E-state index in [9.17, 15) is 14.0 Å². The molecule has 0 fully saturated rings. The Labute approximate surface area is 155 Å². The van der Waals surface area contributed by atoms with Gasteiger partial charge in [0.2, 0.25) is 11.8 Å². The van der Waals surface area contributed by atoms with Gasteiger partial charge in [-0.2, -0.15) is 0 Å². The number of benzene rings is 2. The van der Waals surface area contributed by atoms with Gasteiger partial charge in [-0.05, 0) is 42.3 Å². The van der Waals surface area contributed by atoms with Gasteiger partial charge in [-0.3, -0.25) is 9.59 Å². The number of nitrogens with zero attached hydrogens (tertiary/aromatic N) is 1. The lowest BCUT2D eigenvalue weighted by Crippen LogP contribution is -2.40. The molecule has 0 aliphatic rings. The molecule has 4 nitrogen and oxygen atoms in total. The summed E-state index contributed by atoms with van der Waals surface area (Å²) in [5.74, 6) is -0.887. The van der Waals surface area contributed by atoms with Crippen molar-refractivity contribution in [2.45, 2.75) is 13.3 Å². The first-order valence-corrected chi connectivity index (χ1v) is 8.36. The number of carbonyl (C=O) groups is 2. The first-order valence-electron chi connectivity index (χ1n) is 7.61. The molecule has 0 saturated heterocycles. The van der Waals surface area contributed by atoms with Gasteiger partial charge >= 0.3 is 0 Å². The van der Waals surface area contributed by atoms with Crippen molar-refractivity contribution in [2.24, 2.45) is 0 Å². The molecular formula is C18H17Cl2FN2O2. The molecule has 25 heavy (non-hydrogen) atoms. The Morgan fingerprint density at radius 1 is 1.08 bits per heavy atom. The highest BCUT2D eigenvalue weighted by molar-refractivity contribution is 6.42. The van der Waals surface area contributed by atoms with Crippen molar-refractivity contribution in [1.82, 2.24) is 5.32 Å². The zero-order valence-electron chi connectivity index (χ0n) is 13.6.